The molecular formula is C17H19ClN2O. The Hall–Kier alpha value is -1.61. The Morgan fingerprint density at radius 3 is 2.81 bits per heavy atom. The van der Waals surface area contributed by atoms with E-state index in [1.165, 1.54) is 19.3 Å². The number of nitrogens with zero attached hydrogens (tertiary/aromatic N) is 2. The van der Waals surface area contributed by atoms with Gasteiger partial charge in [0, 0.05) is 17.1 Å². The third kappa shape index (κ3) is 3.35. The maximum absolute atomic E-state index is 11.3. The third-order valence-corrected chi connectivity index (χ3v) is 4.41. The van der Waals surface area contributed by atoms with Gasteiger partial charge >= 0.3 is 0 Å². The maximum Gasteiger partial charge on any atom is 0.153 e. The molecule has 0 bridgehead atoms. The molecule has 0 atom stereocenters. The van der Waals surface area contributed by atoms with Crippen LogP contribution in [-0.2, 0) is 6.54 Å². The van der Waals surface area contributed by atoms with Gasteiger partial charge in [0.15, 0.2) is 6.29 Å². The van der Waals surface area contributed by atoms with Crippen LogP contribution in [0, 0.1) is 0 Å². The van der Waals surface area contributed by atoms with Gasteiger partial charge in [-0.2, -0.15) is 5.10 Å². The first-order valence-electron chi connectivity index (χ1n) is 7.53. The third-order valence-electron chi connectivity index (χ3n) is 4.17. The molecular weight excluding hydrogens is 284 g/mol. The molecule has 0 N–H and O–H groups in total. The van der Waals surface area contributed by atoms with E-state index in [4.69, 9.17) is 11.6 Å². The first-order chi connectivity index (χ1) is 10.3. The molecule has 0 spiro atoms. The van der Waals surface area contributed by atoms with Crippen LogP contribution in [0.15, 0.2) is 30.5 Å². The van der Waals surface area contributed by atoms with Gasteiger partial charge in [-0.1, -0.05) is 43.0 Å². The summed E-state index contributed by atoms with van der Waals surface area (Å²) in [6, 6.07) is 7.75. The largest absolute Gasteiger partial charge is 0.298 e. The van der Waals surface area contributed by atoms with Crippen molar-refractivity contribution in [2.24, 2.45) is 0 Å². The summed E-state index contributed by atoms with van der Waals surface area (Å²) in [5.41, 5.74) is 2.81. The summed E-state index contributed by atoms with van der Waals surface area (Å²) in [4.78, 5) is 11.3. The SMILES string of the molecule is O=Cc1cn(Cc2cccc(Cl)c2)nc1C1CCCCC1. The molecule has 3 rings (SSSR count). The summed E-state index contributed by atoms with van der Waals surface area (Å²) in [6.07, 6.45) is 8.87. The van der Waals surface area contributed by atoms with Crippen LogP contribution in [0.1, 0.15) is 59.6 Å². The molecule has 4 heteroatoms. The molecule has 0 aliphatic heterocycles. The quantitative estimate of drug-likeness (QED) is 0.782. The van der Waals surface area contributed by atoms with Crippen LogP contribution in [-0.4, -0.2) is 16.1 Å². The van der Waals surface area contributed by atoms with Gasteiger partial charge in [0.1, 0.15) is 0 Å². The number of aldehydes is 1. The molecule has 21 heavy (non-hydrogen) atoms. The zero-order valence-electron chi connectivity index (χ0n) is 12.0. The number of benzene rings is 1. The van der Waals surface area contributed by atoms with Crippen LogP contribution in [0.2, 0.25) is 5.02 Å². The van der Waals surface area contributed by atoms with E-state index in [2.05, 4.69) is 5.10 Å². The highest BCUT2D eigenvalue weighted by Crippen LogP contribution is 2.33. The minimum atomic E-state index is 0.444. The summed E-state index contributed by atoms with van der Waals surface area (Å²) in [6.45, 7) is 0.647. The number of hydrogen-bond acceptors (Lipinski definition) is 2. The second-order valence-electron chi connectivity index (χ2n) is 5.75. The van der Waals surface area contributed by atoms with Crippen molar-refractivity contribution in [1.82, 2.24) is 9.78 Å². The number of carbonyl (C=O) groups is 1. The lowest BCUT2D eigenvalue weighted by Crippen LogP contribution is -2.08. The topological polar surface area (TPSA) is 34.9 Å². The number of halogens is 1. The van der Waals surface area contributed by atoms with Crippen molar-refractivity contribution < 1.29 is 4.79 Å². The zero-order chi connectivity index (χ0) is 14.7. The summed E-state index contributed by atoms with van der Waals surface area (Å²) in [5, 5.41) is 5.40. The Bertz CT molecular complexity index is 629. The second kappa shape index (κ2) is 6.44. The Morgan fingerprint density at radius 1 is 1.29 bits per heavy atom. The summed E-state index contributed by atoms with van der Waals surface area (Å²) < 4.78 is 1.86. The first kappa shape index (κ1) is 14.3. The van der Waals surface area contributed by atoms with Gasteiger partial charge in [-0.15, -0.1) is 0 Å². The van der Waals surface area contributed by atoms with Gasteiger partial charge in [-0.25, -0.2) is 0 Å². The van der Waals surface area contributed by atoms with Gasteiger partial charge in [-0.3, -0.25) is 9.48 Å². The fourth-order valence-corrected chi connectivity index (χ4v) is 3.35. The van der Waals surface area contributed by atoms with Crippen LogP contribution < -0.4 is 0 Å². The molecule has 1 aliphatic carbocycles. The predicted molar refractivity (Wildman–Crippen MR) is 84.0 cm³/mol. The Morgan fingerprint density at radius 2 is 2.10 bits per heavy atom. The van der Waals surface area contributed by atoms with Gasteiger partial charge < -0.3 is 0 Å². The summed E-state index contributed by atoms with van der Waals surface area (Å²) in [5.74, 6) is 0.444. The lowest BCUT2D eigenvalue weighted by Gasteiger charge is -2.20. The average molecular weight is 303 g/mol. The smallest absolute Gasteiger partial charge is 0.153 e. The monoisotopic (exact) mass is 302 g/mol. The molecule has 0 unspecified atom stereocenters. The van der Waals surface area contributed by atoms with E-state index in [-0.39, 0.29) is 0 Å². The molecule has 110 valence electrons. The molecule has 0 saturated heterocycles. The Kier molecular flexibility index (Phi) is 4.39. The fraction of sp³-hybridized carbons (Fsp3) is 0.412. The minimum absolute atomic E-state index is 0.444. The van der Waals surface area contributed by atoms with Crippen molar-refractivity contribution in [3.63, 3.8) is 0 Å². The van der Waals surface area contributed by atoms with Crippen LogP contribution in [0.25, 0.3) is 0 Å². The molecule has 1 aromatic carbocycles. The number of aromatic nitrogens is 2. The van der Waals surface area contributed by atoms with Gasteiger partial charge in [0.2, 0.25) is 0 Å². The number of hydrogen-bond donors (Lipinski definition) is 0. The van der Waals surface area contributed by atoms with E-state index in [0.717, 1.165) is 41.0 Å². The molecule has 1 aliphatic rings. The van der Waals surface area contributed by atoms with Crippen molar-refractivity contribution >= 4 is 17.9 Å². The molecule has 1 heterocycles. The lowest BCUT2D eigenvalue weighted by molar-refractivity contribution is 0.112. The zero-order valence-corrected chi connectivity index (χ0v) is 12.7. The molecule has 1 fully saturated rings. The minimum Gasteiger partial charge on any atom is -0.298 e. The maximum atomic E-state index is 11.3. The Balaban J connectivity index is 1.83. The molecule has 3 nitrogen and oxygen atoms in total. The lowest BCUT2D eigenvalue weighted by atomic mass is 9.86. The van der Waals surface area contributed by atoms with E-state index in [1.807, 2.05) is 35.1 Å². The van der Waals surface area contributed by atoms with E-state index < -0.39 is 0 Å². The van der Waals surface area contributed by atoms with Crippen molar-refractivity contribution in [3.05, 3.63) is 52.3 Å². The van der Waals surface area contributed by atoms with Gasteiger partial charge in [0.05, 0.1) is 17.8 Å². The van der Waals surface area contributed by atoms with E-state index in [9.17, 15) is 4.79 Å². The van der Waals surface area contributed by atoms with E-state index in [0.29, 0.717) is 12.5 Å². The highest BCUT2D eigenvalue weighted by Gasteiger charge is 2.21. The number of carbonyl (C=O) groups excluding carboxylic acids is 1. The van der Waals surface area contributed by atoms with Gasteiger partial charge in [0.25, 0.3) is 0 Å². The van der Waals surface area contributed by atoms with Crippen LogP contribution in [0.5, 0.6) is 0 Å². The van der Waals surface area contributed by atoms with Crippen LogP contribution in [0.4, 0.5) is 0 Å². The van der Waals surface area contributed by atoms with Crippen LogP contribution in [0.3, 0.4) is 0 Å². The van der Waals surface area contributed by atoms with Crippen molar-refractivity contribution in [1.29, 1.82) is 0 Å². The van der Waals surface area contributed by atoms with Crippen molar-refractivity contribution in [2.75, 3.05) is 0 Å². The van der Waals surface area contributed by atoms with Gasteiger partial charge in [-0.05, 0) is 30.5 Å². The Labute approximate surface area is 129 Å². The van der Waals surface area contributed by atoms with Crippen molar-refractivity contribution in [3.8, 4) is 0 Å². The predicted octanol–water partition coefficient (Wildman–Crippen LogP) is 4.45. The van der Waals surface area contributed by atoms with E-state index in [1.54, 1.807) is 0 Å². The second-order valence-corrected chi connectivity index (χ2v) is 6.19. The highest BCUT2D eigenvalue weighted by molar-refractivity contribution is 6.30. The average Bonchev–Trinajstić information content (AvgIpc) is 2.91. The molecule has 1 aromatic heterocycles. The molecule has 2 aromatic rings. The molecule has 0 radical (unpaired) electrons. The van der Waals surface area contributed by atoms with Crippen molar-refractivity contribution in [2.45, 2.75) is 44.6 Å². The summed E-state index contributed by atoms with van der Waals surface area (Å²) >= 11 is 6.01. The number of rotatable bonds is 4. The normalized spacial score (nSPS) is 16.0. The molecule has 1 saturated carbocycles. The molecule has 0 amide bonds. The highest BCUT2D eigenvalue weighted by atomic mass is 35.5. The van der Waals surface area contributed by atoms with Crippen LogP contribution >= 0.6 is 11.6 Å². The first-order valence-corrected chi connectivity index (χ1v) is 7.91. The standard InChI is InChI=1S/C17H19ClN2O/c18-16-8-4-5-13(9-16)10-20-11-15(12-21)17(19-20)14-6-2-1-3-7-14/h4-5,8-9,11-12,14H,1-3,6-7,10H2. The van der Waals surface area contributed by atoms with E-state index >= 15 is 0 Å². The fourth-order valence-electron chi connectivity index (χ4n) is 3.14. The summed E-state index contributed by atoms with van der Waals surface area (Å²) in [7, 11) is 0.